The Morgan fingerprint density at radius 2 is 1.86 bits per heavy atom. The molecule has 0 aromatic heterocycles. The number of hydrogen-bond donors (Lipinski definition) is 3. The van der Waals surface area contributed by atoms with Gasteiger partial charge in [-0.3, -0.25) is 0 Å². The van der Waals surface area contributed by atoms with Gasteiger partial charge in [0.25, 0.3) is 0 Å². The van der Waals surface area contributed by atoms with Crippen LogP contribution in [0.2, 0.25) is 0 Å². The number of carbonyl (C=O) groups is 3. The Labute approximate surface area is 168 Å². The number of likely N-dealkylation sites (N-methyl/N-ethyl adjacent to an activating group) is 1. The number of alkyl carbamates (subject to hydrolysis) is 1. The number of amides is 1. The van der Waals surface area contributed by atoms with Crippen molar-refractivity contribution in [2.24, 2.45) is 0 Å². The summed E-state index contributed by atoms with van der Waals surface area (Å²) < 4.78 is 10.3. The molecule has 2 rings (SSSR count). The zero-order valence-electron chi connectivity index (χ0n) is 16.3. The Bertz CT molecular complexity index is 868. The van der Waals surface area contributed by atoms with E-state index in [1.807, 2.05) is 0 Å². The van der Waals surface area contributed by atoms with Crippen LogP contribution in [0.3, 0.4) is 0 Å². The van der Waals surface area contributed by atoms with E-state index in [0.717, 1.165) is 0 Å². The molecule has 0 spiro atoms. The summed E-state index contributed by atoms with van der Waals surface area (Å²) in [6.07, 6.45) is -0.232. The normalized spacial score (nSPS) is 11.4. The van der Waals surface area contributed by atoms with Gasteiger partial charge in [-0.15, -0.1) is 0 Å². The highest BCUT2D eigenvalue weighted by atomic mass is 16.5. The third-order valence-electron chi connectivity index (χ3n) is 4.13. The van der Waals surface area contributed by atoms with Crippen LogP contribution < -0.4 is 15.4 Å². The molecule has 0 aliphatic heterocycles. The predicted molar refractivity (Wildman–Crippen MR) is 107 cm³/mol. The number of para-hydroxylation sites is 1. The predicted octanol–water partition coefficient (Wildman–Crippen LogP) is 2.68. The number of hydrogen-bond acceptors (Lipinski definition) is 6. The average molecular weight is 400 g/mol. The van der Waals surface area contributed by atoms with Crippen LogP contribution in [0.15, 0.2) is 48.5 Å². The first kappa shape index (κ1) is 21.9. The summed E-state index contributed by atoms with van der Waals surface area (Å²) in [5.41, 5.74) is 1.36. The van der Waals surface area contributed by atoms with Gasteiger partial charge in [-0.25, -0.2) is 14.4 Å². The summed E-state index contributed by atoms with van der Waals surface area (Å²) in [6.45, 7) is 2.21. The van der Waals surface area contributed by atoms with Gasteiger partial charge in [-0.2, -0.15) is 0 Å². The molecule has 2 aromatic carbocycles. The highest BCUT2D eigenvalue weighted by Gasteiger charge is 2.20. The van der Waals surface area contributed by atoms with E-state index in [-0.39, 0.29) is 18.7 Å². The van der Waals surface area contributed by atoms with E-state index >= 15 is 0 Å². The number of esters is 1. The molecule has 29 heavy (non-hydrogen) atoms. The number of benzene rings is 2. The molecule has 0 saturated carbocycles. The smallest absolute Gasteiger partial charge is 0.407 e. The van der Waals surface area contributed by atoms with Crippen LogP contribution in [0.1, 0.15) is 23.7 Å². The van der Waals surface area contributed by atoms with Crippen molar-refractivity contribution in [3.05, 3.63) is 54.1 Å². The van der Waals surface area contributed by atoms with Crippen LogP contribution in [-0.2, 0) is 9.53 Å². The molecule has 8 nitrogen and oxygen atoms in total. The maximum Gasteiger partial charge on any atom is 0.407 e. The zero-order valence-corrected chi connectivity index (χ0v) is 16.3. The van der Waals surface area contributed by atoms with Gasteiger partial charge in [-0.05, 0) is 44.2 Å². The number of nitrogens with one attached hydrogen (secondary N) is 2. The van der Waals surface area contributed by atoms with E-state index in [9.17, 15) is 19.5 Å². The summed E-state index contributed by atoms with van der Waals surface area (Å²) in [5.74, 6) is -1.23. The third-order valence-corrected chi connectivity index (χ3v) is 4.13. The topological polar surface area (TPSA) is 114 Å². The third kappa shape index (κ3) is 6.32. The van der Waals surface area contributed by atoms with Gasteiger partial charge in [-0.1, -0.05) is 30.3 Å². The molecule has 0 saturated heterocycles. The van der Waals surface area contributed by atoms with E-state index < -0.39 is 24.1 Å². The van der Waals surface area contributed by atoms with Gasteiger partial charge >= 0.3 is 18.0 Å². The Morgan fingerprint density at radius 3 is 2.55 bits per heavy atom. The van der Waals surface area contributed by atoms with Crippen LogP contribution >= 0.6 is 0 Å². The molecule has 0 aliphatic carbocycles. The Morgan fingerprint density at radius 1 is 1.10 bits per heavy atom. The lowest BCUT2D eigenvalue weighted by Gasteiger charge is -2.17. The standard InChI is InChI=1S/C21H24N2O6/c1-3-28-21(27)23-12-11-17(22-2)20(26)29-18-10-5-4-9-16(18)14-7-6-8-15(13-14)19(24)25/h4-10,13,17,22H,3,11-12H2,1-2H3,(H,23,27)(H,24,25). The highest BCUT2D eigenvalue weighted by Crippen LogP contribution is 2.30. The first-order valence-electron chi connectivity index (χ1n) is 9.18. The molecule has 2 aromatic rings. The van der Waals surface area contributed by atoms with E-state index in [4.69, 9.17) is 9.47 Å². The molecule has 154 valence electrons. The molecule has 0 aliphatic rings. The minimum absolute atomic E-state index is 0.141. The first-order valence-corrected chi connectivity index (χ1v) is 9.18. The largest absolute Gasteiger partial charge is 0.478 e. The van der Waals surface area contributed by atoms with E-state index in [0.29, 0.717) is 23.3 Å². The van der Waals surface area contributed by atoms with Gasteiger partial charge in [0.05, 0.1) is 12.2 Å². The average Bonchev–Trinajstić information content (AvgIpc) is 2.72. The van der Waals surface area contributed by atoms with Crippen molar-refractivity contribution in [3.8, 4) is 16.9 Å². The number of carbonyl (C=O) groups excluding carboxylic acids is 2. The maximum atomic E-state index is 12.6. The summed E-state index contributed by atoms with van der Waals surface area (Å²) in [5, 5.41) is 14.6. The summed E-state index contributed by atoms with van der Waals surface area (Å²) in [7, 11) is 1.62. The van der Waals surface area contributed by atoms with Gasteiger partial charge in [0.2, 0.25) is 0 Å². The van der Waals surface area contributed by atoms with E-state index in [2.05, 4.69) is 10.6 Å². The van der Waals surface area contributed by atoms with Crippen molar-refractivity contribution in [2.75, 3.05) is 20.2 Å². The van der Waals surface area contributed by atoms with Crippen molar-refractivity contribution < 1.29 is 29.0 Å². The van der Waals surface area contributed by atoms with Crippen molar-refractivity contribution in [1.82, 2.24) is 10.6 Å². The number of aromatic carboxylic acids is 1. The molecule has 0 fully saturated rings. The van der Waals surface area contributed by atoms with Crippen molar-refractivity contribution >= 4 is 18.0 Å². The molecule has 0 radical (unpaired) electrons. The van der Waals surface area contributed by atoms with Crippen LogP contribution in [-0.4, -0.2) is 49.4 Å². The Kier molecular flexibility index (Phi) is 8.17. The SMILES string of the molecule is CCOC(=O)NCCC(NC)C(=O)Oc1ccccc1-c1cccc(C(=O)O)c1. The molecule has 1 amide bonds. The van der Waals surface area contributed by atoms with Crippen LogP contribution in [0, 0.1) is 0 Å². The minimum atomic E-state index is -1.04. The molecular formula is C21H24N2O6. The van der Waals surface area contributed by atoms with Crippen LogP contribution in [0.4, 0.5) is 4.79 Å². The minimum Gasteiger partial charge on any atom is -0.478 e. The molecule has 0 heterocycles. The number of carboxylic acid groups (broad SMARTS) is 1. The molecule has 3 N–H and O–H groups in total. The second-order valence-corrected chi connectivity index (χ2v) is 6.08. The monoisotopic (exact) mass is 400 g/mol. The fourth-order valence-corrected chi connectivity index (χ4v) is 2.67. The molecule has 0 bridgehead atoms. The number of rotatable bonds is 9. The quantitative estimate of drug-likeness (QED) is 0.438. The van der Waals surface area contributed by atoms with Gasteiger partial charge in [0.1, 0.15) is 11.8 Å². The summed E-state index contributed by atoms with van der Waals surface area (Å²) >= 11 is 0. The molecule has 8 heteroatoms. The lowest BCUT2D eigenvalue weighted by Crippen LogP contribution is -2.40. The Balaban J connectivity index is 2.11. The van der Waals surface area contributed by atoms with Crippen LogP contribution in [0.5, 0.6) is 5.75 Å². The van der Waals surface area contributed by atoms with E-state index in [1.165, 1.54) is 12.1 Å². The van der Waals surface area contributed by atoms with Crippen LogP contribution in [0.25, 0.3) is 11.1 Å². The van der Waals surface area contributed by atoms with Gasteiger partial charge < -0.3 is 25.2 Å². The fourth-order valence-electron chi connectivity index (χ4n) is 2.67. The van der Waals surface area contributed by atoms with Gasteiger partial charge in [0, 0.05) is 12.1 Å². The molecule has 1 unspecified atom stereocenters. The molecule has 1 atom stereocenters. The second-order valence-electron chi connectivity index (χ2n) is 6.08. The van der Waals surface area contributed by atoms with E-state index in [1.54, 1.807) is 50.4 Å². The highest BCUT2D eigenvalue weighted by molar-refractivity contribution is 5.90. The van der Waals surface area contributed by atoms with Crippen molar-refractivity contribution in [2.45, 2.75) is 19.4 Å². The zero-order chi connectivity index (χ0) is 21.2. The van der Waals surface area contributed by atoms with Crippen molar-refractivity contribution in [1.29, 1.82) is 0 Å². The maximum absolute atomic E-state index is 12.6. The fraction of sp³-hybridized carbons (Fsp3) is 0.286. The van der Waals surface area contributed by atoms with Gasteiger partial charge in [0.15, 0.2) is 0 Å². The summed E-state index contributed by atoms with van der Waals surface area (Å²) in [6, 6.07) is 12.7. The lowest BCUT2D eigenvalue weighted by molar-refractivity contribution is -0.136. The van der Waals surface area contributed by atoms with Crippen molar-refractivity contribution in [3.63, 3.8) is 0 Å². The number of carboxylic acids is 1. The second kappa shape index (κ2) is 10.8. The lowest BCUT2D eigenvalue weighted by atomic mass is 10.0. The summed E-state index contributed by atoms with van der Waals surface area (Å²) in [4.78, 5) is 35.2. The number of ether oxygens (including phenoxy) is 2. The first-order chi connectivity index (χ1) is 14.0. The molecular weight excluding hydrogens is 376 g/mol. The Hall–Kier alpha value is -3.39.